The number of aromatic carboxylic acids is 1. The zero-order chi connectivity index (χ0) is 22.8. The predicted molar refractivity (Wildman–Crippen MR) is 128 cm³/mol. The van der Waals surface area contributed by atoms with Crippen LogP contribution in [0.15, 0.2) is 70.6 Å². The molecular weight excluding hydrogens is 422 g/mol. The van der Waals surface area contributed by atoms with E-state index in [0.29, 0.717) is 16.6 Å². The fourth-order valence-electron chi connectivity index (χ4n) is 3.45. The van der Waals surface area contributed by atoms with Crippen molar-refractivity contribution in [3.63, 3.8) is 0 Å². The van der Waals surface area contributed by atoms with Gasteiger partial charge in [0.1, 0.15) is 0 Å². The monoisotopic (exact) mass is 445 g/mol. The Labute approximate surface area is 190 Å². The number of carbonyl (C=O) groups excluding carboxylic acids is 1. The summed E-state index contributed by atoms with van der Waals surface area (Å²) in [7, 11) is 2.01. The molecule has 6 nitrogen and oxygen atoms in total. The lowest BCUT2D eigenvalue weighted by Crippen LogP contribution is -2.28. The number of carbonyl (C=O) groups is 2. The van der Waals surface area contributed by atoms with Crippen molar-refractivity contribution >= 4 is 40.6 Å². The summed E-state index contributed by atoms with van der Waals surface area (Å²) >= 11 is 1.35. The standard InChI is InChI=1S/C25H23N3O3S/c1-16-13-20(17(2)27(16)3)14-22-23(29)28(15-18-9-11-19(12-10-18)24(30)31)25(32-22)26-21-7-5-4-6-8-21/h4-14H,15H2,1-3H3,(H,30,31)/b22-14-,26-25?. The fraction of sp³-hybridized carbons (Fsp3) is 0.160. The van der Waals surface area contributed by atoms with Gasteiger partial charge in [0.15, 0.2) is 5.17 Å². The van der Waals surface area contributed by atoms with Crippen molar-refractivity contribution in [1.29, 1.82) is 0 Å². The van der Waals surface area contributed by atoms with Crippen LogP contribution in [0.25, 0.3) is 6.08 Å². The molecule has 4 rings (SSSR count). The highest BCUT2D eigenvalue weighted by Gasteiger charge is 2.33. The lowest BCUT2D eigenvalue weighted by molar-refractivity contribution is -0.122. The molecule has 2 heterocycles. The number of amides is 1. The largest absolute Gasteiger partial charge is 0.478 e. The van der Waals surface area contributed by atoms with E-state index in [1.807, 2.05) is 57.3 Å². The van der Waals surface area contributed by atoms with Gasteiger partial charge in [0.05, 0.1) is 22.7 Å². The van der Waals surface area contributed by atoms with Crippen molar-refractivity contribution in [2.24, 2.45) is 12.0 Å². The maximum absolute atomic E-state index is 13.3. The zero-order valence-electron chi connectivity index (χ0n) is 18.1. The van der Waals surface area contributed by atoms with Crippen LogP contribution in [0.4, 0.5) is 5.69 Å². The number of amidine groups is 1. The fourth-order valence-corrected chi connectivity index (χ4v) is 4.44. The highest BCUT2D eigenvalue weighted by Crippen LogP contribution is 2.36. The van der Waals surface area contributed by atoms with Crippen molar-refractivity contribution in [3.05, 3.63) is 93.6 Å². The van der Waals surface area contributed by atoms with Crippen LogP contribution < -0.4 is 0 Å². The topological polar surface area (TPSA) is 74.9 Å². The molecule has 1 aliphatic heterocycles. The Bertz CT molecular complexity index is 1240. The van der Waals surface area contributed by atoms with E-state index in [0.717, 1.165) is 28.2 Å². The first-order valence-corrected chi connectivity index (χ1v) is 11.0. The van der Waals surface area contributed by atoms with E-state index in [1.165, 1.54) is 11.8 Å². The molecule has 7 heteroatoms. The van der Waals surface area contributed by atoms with E-state index in [9.17, 15) is 9.59 Å². The van der Waals surface area contributed by atoms with Gasteiger partial charge in [-0.15, -0.1) is 0 Å². The number of thioether (sulfide) groups is 1. The van der Waals surface area contributed by atoms with Crippen LogP contribution in [0.1, 0.15) is 32.9 Å². The summed E-state index contributed by atoms with van der Waals surface area (Å²) in [5.41, 5.74) is 5.03. The molecule has 0 atom stereocenters. The first-order chi connectivity index (χ1) is 15.3. The Hall–Kier alpha value is -3.58. The van der Waals surface area contributed by atoms with Crippen LogP contribution in [0, 0.1) is 13.8 Å². The van der Waals surface area contributed by atoms with Gasteiger partial charge in [0.2, 0.25) is 0 Å². The van der Waals surface area contributed by atoms with Gasteiger partial charge < -0.3 is 9.67 Å². The number of aliphatic imine (C=N–C) groups is 1. The molecule has 0 saturated carbocycles. The number of benzene rings is 2. The van der Waals surface area contributed by atoms with E-state index in [1.54, 1.807) is 29.2 Å². The predicted octanol–water partition coefficient (Wildman–Crippen LogP) is 5.14. The highest BCUT2D eigenvalue weighted by atomic mass is 32.2. The molecule has 1 saturated heterocycles. The lowest BCUT2D eigenvalue weighted by Gasteiger charge is -2.16. The smallest absolute Gasteiger partial charge is 0.335 e. The first-order valence-electron chi connectivity index (χ1n) is 10.1. The van der Waals surface area contributed by atoms with Gasteiger partial charge in [-0.2, -0.15) is 0 Å². The molecule has 0 radical (unpaired) electrons. The minimum absolute atomic E-state index is 0.118. The number of hydrogen-bond donors (Lipinski definition) is 1. The van der Waals surface area contributed by atoms with Crippen LogP contribution in [0.5, 0.6) is 0 Å². The second-order valence-corrected chi connectivity index (χ2v) is 8.63. The van der Waals surface area contributed by atoms with Crippen LogP contribution in [-0.4, -0.2) is 31.6 Å². The van der Waals surface area contributed by atoms with Crippen LogP contribution >= 0.6 is 11.8 Å². The maximum Gasteiger partial charge on any atom is 0.335 e. The molecule has 32 heavy (non-hydrogen) atoms. The minimum atomic E-state index is -0.977. The Morgan fingerprint density at radius 2 is 1.78 bits per heavy atom. The summed E-state index contributed by atoms with van der Waals surface area (Å²) < 4.78 is 2.09. The van der Waals surface area contributed by atoms with Crippen molar-refractivity contribution in [2.75, 3.05) is 0 Å². The van der Waals surface area contributed by atoms with Crippen molar-refractivity contribution in [3.8, 4) is 0 Å². The molecule has 1 fully saturated rings. The summed E-state index contributed by atoms with van der Waals surface area (Å²) in [5, 5.41) is 9.73. The third-order valence-electron chi connectivity index (χ3n) is 5.51. The molecule has 1 aliphatic rings. The Morgan fingerprint density at radius 1 is 1.09 bits per heavy atom. The average Bonchev–Trinajstić information content (AvgIpc) is 3.20. The molecular formula is C25H23N3O3S. The molecule has 1 aromatic heterocycles. The number of rotatable bonds is 5. The van der Waals surface area contributed by atoms with E-state index in [-0.39, 0.29) is 11.5 Å². The lowest BCUT2D eigenvalue weighted by atomic mass is 10.1. The molecule has 0 bridgehead atoms. The van der Waals surface area contributed by atoms with Gasteiger partial charge in [0.25, 0.3) is 5.91 Å². The van der Waals surface area contributed by atoms with Crippen LogP contribution in [0.2, 0.25) is 0 Å². The van der Waals surface area contributed by atoms with Crippen LogP contribution in [-0.2, 0) is 18.4 Å². The second kappa shape index (κ2) is 8.88. The molecule has 1 amide bonds. The van der Waals surface area contributed by atoms with Gasteiger partial charge in [-0.3, -0.25) is 9.69 Å². The average molecular weight is 446 g/mol. The third kappa shape index (κ3) is 4.38. The number of hydrogen-bond acceptors (Lipinski definition) is 4. The molecule has 0 unspecified atom stereocenters. The first kappa shape index (κ1) is 21.6. The maximum atomic E-state index is 13.3. The number of aromatic nitrogens is 1. The quantitative estimate of drug-likeness (QED) is 0.552. The molecule has 0 spiro atoms. The number of aryl methyl sites for hydroxylation is 1. The van der Waals surface area contributed by atoms with E-state index < -0.39 is 5.97 Å². The van der Waals surface area contributed by atoms with E-state index in [2.05, 4.69) is 10.6 Å². The summed E-state index contributed by atoms with van der Waals surface area (Å²) in [6.45, 7) is 4.37. The Kier molecular flexibility index (Phi) is 6.01. The summed E-state index contributed by atoms with van der Waals surface area (Å²) in [6.07, 6.45) is 1.92. The normalized spacial score (nSPS) is 16.3. The Balaban J connectivity index is 1.70. The molecule has 1 N–H and O–H groups in total. The highest BCUT2D eigenvalue weighted by molar-refractivity contribution is 8.18. The molecule has 3 aromatic rings. The molecule has 0 aliphatic carbocycles. The molecule has 162 valence electrons. The minimum Gasteiger partial charge on any atom is -0.478 e. The van der Waals surface area contributed by atoms with E-state index in [4.69, 9.17) is 10.1 Å². The van der Waals surface area contributed by atoms with Crippen molar-refractivity contribution < 1.29 is 14.7 Å². The summed E-state index contributed by atoms with van der Waals surface area (Å²) in [6, 6.07) is 18.1. The van der Waals surface area contributed by atoms with Crippen molar-refractivity contribution in [2.45, 2.75) is 20.4 Å². The van der Waals surface area contributed by atoms with Gasteiger partial charge >= 0.3 is 5.97 Å². The zero-order valence-corrected chi connectivity index (χ0v) is 18.9. The van der Waals surface area contributed by atoms with Crippen LogP contribution in [0.3, 0.4) is 0 Å². The van der Waals surface area contributed by atoms with Gasteiger partial charge in [0, 0.05) is 18.4 Å². The number of para-hydroxylation sites is 1. The number of carboxylic acid groups (broad SMARTS) is 1. The summed E-state index contributed by atoms with van der Waals surface area (Å²) in [5.74, 6) is -1.10. The summed E-state index contributed by atoms with van der Waals surface area (Å²) in [4.78, 5) is 31.4. The Morgan fingerprint density at radius 3 is 2.38 bits per heavy atom. The van der Waals surface area contributed by atoms with Crippen molar-refractivity contribution in [1.82, 2.24) is 9.47 Å². The number of carboxylic acids is 1. The van der Waals surface area contributed by atoms with Gasteiger partial charge in [-0.05, 0) is 73.1 Å². The van der Waals surface area contributed by atoms with Gasteiger partial charge in [-0.25, -0.2) is 9.79 Å². The number of nitrogens with zero attached hydrogens (tertiary/aromatic N) is 3. The second-order valence-electron chi connectivity index (χ2n) is 7.62. The molecule has 2 aromatic carbocycles. The van der Waals surface area contributed by atoms with Gasteiger partial charge in [-0.1, -0.05) is 30.3 Å². The third-order valence-corrected chi connectivity index (χ3v) is 6.52. The SMILES string of the molecule is Cc1cc(/C=C2\SC(=Nc3ccccc3)N(Cc3ccc(C(=O)O)cc3)C2=O)c(C)n1C. The van der Waals surface area contributed by atoms with E-state index >= 15 is 0 Å².